The van der Waals surface area contributed by atoms with Gasteiger partial charge in [0.25, 0.3) is 0 Å². The topological polar surface area (TPSA) is 37.7 Å². The fourth-order valence-electron chi connectivity index (χ4n) is 1.84. The van der Waals surface area contributed by atoms with Crippen molar-refractivity contribution >= 4 is 23.1 Å². The molecule has 1 aromatic rings. The number of amides is 2. The highest BCUT2D eigenvalue weighted by atomic mass is 16.2. The Hall–Kier alpha value is -1.71. The lowest BCUT2D eigenvalue weighted by Crippen LogP contribution is -2.34. The summed E-state index contributed by atoms with van der Waals surface area (Å²) in [4.78, 5) is 15.4. The monoisotopic (exact) mass is 218 g/mol. The molecule has 0 saturated carbocycles. The largest absolute Gasteiger partial charge is 0.378 e. The molecule has 1 aromatic carbocycles. The summed E-state index contributed by atoms with van der Waals surface area (Å²) >= 11 is 0. The second kappa shape index (κ2) is 3.70. The van der Waals surface area contributed by atoms with Crippen LogP contribution < -0.4 is 15.1 Å². The van der Waals surface area contributed by atoms with Crippen LogP contribution in [0, 0.1) is 0 Å². The maximum absolute atomic E-state index is 11.7. The van der Waals surface area contributed by atoms with Crippen molar-refractivity contribution < 1.29 is 4.79 Å². The zero-order valence-corrected chi connectivity index (χ0v) is 10.1. The third-order valence-corrected chi connectivity index (χ3v) is 2.67. The van der Waals surface area contributed by atoms with Crippen LogP contribution in [-0.2, 0) is 0 Å². The predicted octanol–water partition coefficient (Wildman–Crippen LogP) is 2.34. The fourth-order valence-corrected chi connectivity index (χ4v) is 1.84. The molecule has 2 rings (SSSR count). The SMILES string of the molecule is CC(C)N1C(=O)[N]c2cc(N(C)C)ccc21. The third-order valence-electron chi connectivity index (χ3n) is 2.67. The number of rotatable bonds is 2. The number of carbonyl (C=O) groups excluding carboxylic acids is 1. The molecule has 0 N–H and O–H groups in total. The van der Waals surface area contributed by atoms with Crippen molar-refractivity contribution in [2.75, 3.05) is 23.9 Å². The van der Waals surface area contributed by atoms with E-state index in [4.69, 9.17) is 0 Å². The molecule has 0 aromatic heterocycles. The van der Waals surface area contributed by atoms with E-state index in [2.05, 4.69) is 5.32 Å². The fraction of sp³-hybridized carbons (Fsp3) is 0.417. The van der Waals surface area contributed by atoms with E-state index in [1.807, 2.05) is 51.0 Å². The van der Waals surface area contributed by atoms with Crippen molar-refractivity contribution in [3.63, 3.8) is 0 Å². The normalized spacial score (nSPS) is 14.1. The highest BCUT2D eigenvalue weighted by Crippen LogP contribution is 2.36. The van der Waals surface area contributed by atoms with E-state index >= 15 is 0 Å². The quantitative estimate of drug-likeness (QED) is 0.764. The second-order valence-corrected chi connectivity index (χ2v) is 4.43. The maximum Gasteiger partial charge on any atom is 0.348 e. The number of anilines is 2. The lowest BCUT2D eigenvalue weighted by Gasteiger charge is -2.20. The molecule has 16 heavy (non-hydrogen) atoms. The van der Waals surface area contributed by atoms with Gasteiger partial charge in [-0.3, -0.25) is 4.90 Å². The van der Waals surface area contributed by atoms with Gasteiger partial charge in [0.1, 0.15) is 0 Å². The van der Waals surface area contributed by atoms with Gasteiger partial charge in [-0.2, -0.15) is 5.32 Å². The van der Waals surface area contributed by atoms with E-state index in [-0.39, 0.29) is 12.1 Å². The van der Waals surface area contributed by atoms with Gasteiger partial charge in [0, 0.05) is 25.8 Å². The summed E-state index contributed by atoms with van der Waals surface area (Å²) in [6, 6.07) is 5.88. The van der Waals surface area contributed by atoms with E-state index < -0.39 is 0 Å². The Bertz CT molecular complexity index is 426. The molecule has 0 aliphatic carbocycles. The first-order valence-corrected chi connectivity index (χ1v) is 5.37. The summed E-state index contributed by atoms with van der Waals surface area (Å²) in [6.07, 6.45) is 0. The van der Waals surface area contributed by atoms with Crippen LogP contribution in [0.1, 0.15) is 13.8 Å². The molecule has 85 valence electrons. The Kier molecular flexibility index (Phi) is 2.50. The van der Waals surface area contributed by atoms with Crippen LogP contribution in [0.5, 0.6) is 0 Å². The van der Waals surface area contributed by atoms with Gasteiger partial charge in [-0.05, 0) is 32.0 Å². The molecule has 1 radical (unpaired) electrons. The number of carbonyl (C=O) groups is 1. The van der Waals surface area contributed by atoms with Gasteiger partial charge in [0.2, 0.25) is 0 Å². The minimum Gasteiger partial charge on any atom is -0.378 e. The molecule has 2 amide bonds. The molecule has 0 spiro atoms. The van der Waals surface area contributed by atoms with Crippen molar-refractivity contribution in [1.29, 1.82) is 0 Å². The van der Waals surface area contributed by atoms with Gasteiger partial charge in [-0.25, -0.2) is 4.79 Å². The first kappa shape index (κ1) is 10.8. The lowest BCUT2D eigenvalue weighted by atomic mass is 10.2. The summed E-state index contributed by atoms with van der Waals surface area (Å²) in [5.74, 6) is 0. The Labute approximate surface area is 95.8 Å². The van der Waals surface area contributed by atoms with E-state index in [1.165, 1.54) is 0 Å². The van der Waals surface area contributed by atoms with E-state index in [9.17, 15) is 4.79 Å². The van der Waals surface area contributed by atoms with Crippen molar-refractivity contribution in [3.05, 3.63) is 18.2 Å². The molecular formula is C12H16N3O. The van der Waals surface area contributed by atoms with Gasteiger partial charge in [-0.1, -0.05) is 0 Å². The molecular weight excluding hydrogens is 202 g/mol. The van der Waals surface area contributed by atoms with Crippen LogP contribution in [0.4, 0.5) is 21.9 Å². The van der Waals surface area contributed by atoms with Gasteiger partial charge < -0.3 is 4.90 Å². The van der Waals surface area contributed by atoms with Gasteiger partial charge >= 0.3 is 6.03 Å². The maximum atomic E-state index is 11.7. The van der Waals surface area contributed by atoms with E-state index in [0.717, 1.165) is 17.1 Å². The number of hydrogen-bond donors (Lipinski definition) is 0. The van der Waals surface area contributed by atoms with Crippen LogP contribution in [0.15, 0.2) is 18.2 Å². The smallest absolute Gasteiger partial charge is 0.348 e. The number of benzene rings is 1. The Balaban J connectivity index is 2.42. The molecule has 0 atom stereocenters. The Morgan fingerprint density at radius 1 is 1.31 bits per heavy atom. The molecule has 0 bridgehead atoms. The molecule has 4 heteroatoms. The van der Waals surface area contributed by atoms with Gasteiger partial charge in [0.15, 0.2) is 0 Å². The van der Waals surface area contributed by atoms with Crippen LogP contribution in [-0.4, -0.2) is 26.2 Å². The Morgan fingerprint density at radius 3 is 2.56 bits per heavy atom. The first-order chi connectivity index (χ1) is 7.50. The summed E-state index contributed by atoms with van der Waals surface area (Å²) < 4.78 is 0. The summed E-state index contributed by atoms with van der Waals surface area (Å²) in [6.45, 7) is 3.98. The van der Waals surface area contributed by atoms with Crippen molar-refractivity contribution in [2.24, 2.45) is 0 Å². The highest BCUT2D eigenvalue weighted by molar-refractivity contribution is 6.05. The van der Waals surface area contributed by atoms with Crippen LogP contribution in [0.2, 0.25) is 0 Å². The van der Waals surface area contributed by atoms with Gasteiger partial charge in [0.05, 0.1) is 11.4 Å². The number of nitrogens with zero attached hydrogens (tertiary/aromatic N) is 3. The van der Waals surface area contributed by atoms with Gasteiger partial charge in [-0.15, -0.1) is 0 Å². The number of hydrogen-bond acceptors (Lipinski definition) is 2. The van der Waals surface area contributed by atoms with Crippen molar-refractivity contribution in [1.82, 2.24) is 5.32 Å². The minimum atomic E-state index is -0.166. The highest BCUT2D eigenvalue weighted by Gasteiger charge is 2.30. The van der Waals surface area contributed by atoms with Crippen molar-refractivity contribution in [2.45, 2.75) is 19.9 Å². The molecule has 1 heterocycles. The summed E-state index contributed by atoms with van der Waals surface area (Å²) in [7, 11) is 3.94. The Morgan fingerprint density at radius 2 is 2.00 bits per heavy atom. The molecule has 1 aliphatic heterocycles. The van der Waals surface area contributed by atoms with Crippen LogP contribution in [0.25, 0.3) is 0 Å². The second-order valence-electron chi connectivity index (χ2n) is 4.43. The first-order valence-electron chi connectivity index (χ1n) is 5.37. The minimum absolute atomic E-state index is 0.141. The molecule has 0 fully saturated rings. The summed E-state index contributed by atoms with van der Waals surface area (Å²) in [5.41, 5.74) is 2.73. The third kappa shape index (κ3) is 1.60. The molecule has 4 nitrogen and oxygen atoms in total. The number of urea groups is 1. The van der Waals surface area contributed by atoms with Crippen LogP contribution in [0.3, 0.4) is 0 Å². The average molecular weight is 218 g/mol. The standard InChI is InChI=1S/C12H16N3O/c1-8(2)15-11-6-5-9(14(3)4)7-10(11)13-12(15)16/h5-8H,1-4H3. The van der Waals surface area contributed by atoms with Crippen molar-refractivity contribution in [3.8, 4) is 0 Å². The zero-order chi connectivity index (χ0) is 11.9. The average Bonchev–Trinajstić information content (AvgIpc) is 2.51. The lowest BCUT2D eigenvalue weighted by molar-refractivity contribution is 0.249. The van der Waals surface area contributed by atoms with Crippen LogP contribution >= 0.6 is 0 Å². The number of fused-ring (bicyclic) bond motifs is 1. The molecule has 0 saturated heterocycles. The van der Waals surface area contributed by atoms with E-state index in [1.54, 1.807) is 4.90 Å². The zero-order valence-electron chi connectivity index (χ0n) is 10.1. The van der Waals surface area contributed by atoms with E-state index in [0.29, 0.717) is 0 Å². The molecule has 1 aliphatic rings. The predicted molar refractivity (Wildman–Crippen MR) is 65.6 cm³/mol. The summed E-state index contributed by atoms with van der Waals surface area (Å²) in [5, 5.41) is 4.06. The molecule has 0 unspecified atom stereocenters.